The molecular weight excluding hydrogens is 234 g/mol. The van der Waals surface area contributed by atoms with Gasteiger partial charge in [-0.3, -0.25) is 0 Å². The van der Waals surface area contributed by atoms with Crippen molar-refractivity contribution >= 4 is 21.6 Å². The summed E-state index contributed by atoms with van der Waals surface area (Å²) in [7, 11) is -3.16. The summed E-state index contributed by atoms with van der Waals surface area (Å²) in [5.41, 5.74) is 0. The molecule has 0 heterocycles. The summed E-state index contributed by atoms with van der Waals surface area (Å²) < 4.78 is 25.7. The number of hydrogen-bond donors (Lipinski definition) is 1. The summed E-state index contributed by atoms with van der Waals surface area (Å²) in [5, 5.41) is 0. The van der Waals surface area contributed by atoms with Gasteiger partial charge in [-0.15, -0.1) is 11.6 Å². The number of hydrogen-bond acceptors (Lipinski definition) is 2. The number of nitrogens with one attached hydrogen (secondary N) is 1. The van der Waals surface area contributed by atoms with Gasteiger partial charge >= 0.3 is 0 Å². The molecule has 5 heteroatoms. The van der Waals surface area contributed by atoms with Gasteiger partial charge in [0.2, 0.25) is 10.0 Å². The van der Waals surface area contributed by atoms with Gasteiger partial charge in [-0.2, -0.15) is 0 Å². The number of sulfonamides is 1. The Morgan fingerprint density at radius 3 is 2.47 bits per heavy atom. The molecule has 90 valence electrons. The molecule has 15 heavy (non-hydrogen) atoms. The zero-order chi connectivity index (χ0) is 11.3. The van der Waals surface area contributed by atoms with Crippen molar-refractivity contribution in [1.82, 2.24) is 4.72 Å². The van der Waals surface area contributed by atoms with Crippen molar-refractivity contribution in [3.05, 3.63) is 0 Å². The summed E-state index contributed by atoms with van der Waals surface area (Å²) in [6.45, 7) is 1.96. The fraction of sp³-hybridized carbons (Fsp3) is 1.00. The topological polar surface area (TPSA) is 46.2 Å². The van der Waals surface area contributed by atoms with Crippen LogP contribution >= 0.6 is 11.6 Å². The summed E-state index contributed by atoms with van der Waals surface area (Å²) in [6.07, 6.45) is 6.03. The Balaban J connectivity index is 2.43. The van der Waals surface area contributed by atoms with Gasteiger partial charge in [-0.1, -0.05) is 19.3 Å². The average Bonchev–Trinajstić information content (AvgIpc) is 2.18. The number of alkyl halides is 1. The van der Waals surface area contributed by atoms with E-state index in [4.69, 9.17) is 11.6 Å². The minimum atomic E-state index is -3.16. The summed E-state index contributed by atoms with van der Waals surface area (Å²) in [6, 6.07) is 0.0542. The van der Waals surface area contributed by atoms with Crippen molar-refractivity contribution in [3.8, 4) is 0 Å². The highest BCUT2D eigenvalue weighted by atomic mass is 35.5. The smallest absolute Gasteiger partial charge is 0.212 e. The fourth-order valence-electron chi connectivity index (χ4n) is 2.17. The van der Waals surface area contributed by atoms with Gasteiger partial charge in [0.1, 0.15) is 0 Å². The molecule has 0 bridgehead atoms. The Bertz CT molecular complexity index is 273. The van der Waals surface area contributed by atoms with Crippen LogP contribution in [0.5, 0.6) is 0 Å². The van der Waals surface area contributed by atoms with Gasteiger partial charge in [0, 0.05) is 11.9 Å². The van der Waals surface area contributed by atoms with E-state index < -0.39 is 10.0 Å². The van der Waals surface area contributed by atoms with E-state index in [0.717, 1.165) is 12.8 Å². The lowest BCUT2D eigenvalue weighted by Crippen LogP contribution is -2.40. The van der Waals surface area contributed by atoms with Gasteiger partial charge in [0.15, 0.2) is 0 Å². The largest absolute Gasteiger partial charge is 0.213 e. The standard InChI is InChI=1S/C10H20ClNO2S/c1-9(10-5-3-2-4-6-10)12-15(13,14)8-7-11/h9-10,12H,2-8H2,1H3/t9-/m0/s1. The maximum absolute atomic E-state index is 11.5. The van der Waals surface area contributed by atoms with Gasteiger partial charge in [0.25, 0.3) is 0 Å². The Morgan fingerprint density at radius 1 is 1.33 bits per heavy atom. The molecule has 1 aliphatic rings. The molecule has 0 aliphatic heterocycles. The molecule has 0 aromatic rings. The van der Waals surface area contributed by atoms with E-state index in [2.05, 4.69) is 4.72 Å². The van der Waals surface area contributed by atoms with Crippen molar-refractivity contribution in [2.75, 3.05) is 11.6 Å². The van der Waals surface area contributed by atoms with Crippen LogP contribution in [0.3, 0.4) is 0 Å². The van der Waals surface area contributed by atoms with Crippen molar-refractivity contribution in [3.63, 3.8) is 0 Å². The first-order valence-electron chi connectivity index (χ1n) is 5.61. The SMILES string of the molecule is C[C@H](NS(=O)(=O)CCCl)C1CCCCC1. The average molecular weight is 254 g/mol. The van der Waals surface area contributed by atoms with Gasteiger partial charge in [-0.05, 0) is 25.7 Å². The molecule has 1 atom stereocenters. The monoisotopic (exact) mass is 253 g/mol. The molecule has 0 spiro atoms. The second-order valence-corrected chi connectivity index (χ2v) is 6.56. The highest BCUT2D eigenvalue weighted by Crippen LogP contribution is 2.26. The number of rotatable bonds is 5. The summed E-state index contributed by atoms with van der Waals surface area (Å²) >= 11 is 5.44. The van der Waals surface area contributed by atoms with Crippen LogP contribution in [0.4, 0.5) is 0 Å². The van der Waals surface area contributed by atoms with Crippen LogP contribution in [0, 0.1) is 5.92 Å². The van der Waals surface area contributed by atoms with Crippen LogP contribution in [0.1, 0.15) is 39.0 Å². The Labute approximate surface area is 97.6 Å². The molecule has 0 amide bonds. The van der Waals surface area contributed by atoms with E-state index in [1.165, 1.54) is 19.3 Å². The molecule has 0 aromatic carbocycles. The van der Waals surface area contributed by atoms with Gasteiger partial charge in [0.05, 0.1) is 5.75 Å². The molecule has 1 rings (SSSR count). The summed E-state index contributed by atoms with van der Waals surface area (Å²) in [4.78, 5) is 0. The van der Waals surface area contributed by atoms with Crippen molar-refractivity contribution in [2.24, 2.45) is 5.92 Å². The molecule has 1 aliphatic carbocycles. The highest BCUT2D eigenvalue weighted by Gasteiger charge is 2.23. The van der Waals surface area contributed by atoms with Crippen molar-refractivity contribution < 1.29 is 8.42 Å². The predicted molar refractivity (Wildman–Crippen MR) is 63.7 cm³/mol. The molecule has 1 fully saturated rings. The quantitative estimate of drug-likeness (QED) is 0.763. The molecule has 0 aromatic heterocycles. The number of halogens is 1. The maximum Gasteiger partial charge on any atom is 0.213 e. The van der Waals surface area contributed by atoms with Crippen LogP contribution in [-0.4, -0.2) is 26.1 Å². The second-order valence-electron chi connectivity index (χ2n) is 4.31. The third-order valence-electron chi connectivity index (χ3n) is 3.07. The first kappa shape index (κ1) is 13.3. The van der Waals surface area contributed by atoms with Crippen molar-refractivity contribution in [2.45, 2.75) is 45.1 Å². The van der Waals surface area contributed by atoms with Crippen molar-refractivity contribution in [1.29, 1.82) is 0 Å². The Kier molecular flexibility index (Phi) is 5.36. The Hall–Kier alpha value is 0.200. The molecular formula is C10H20ClNO2S. The first-order valence-corrected chi connectivity index (χ1v) is 7.80. The van der Waals surface area contributed by atoms with E-state index >= 15 is 0 Å². The lowest BCUT2D eigenvalue weighted by atomic mass is 9.85. The lowest BCUT2D eigenvalue weighted by molar-refractivity contribution is 0.303. The minimum Gasteiger partial charge on any atom is -0.212 e. The third kappa shape index (κ3) is 4.70. The molecule has 0 unspecified atom stereocenters. The van der Waals surface area contributed by atoms with Crippen LogP contribution in [-0.2, 0) is 10.0 Å². The minimum absolute atomic E-state index is 0.0195. The maximum atomic E-state index is 11.5. The second kappa shape index (κ2) is 6.06. The summed E-state index contributed by atoms with van der Waals surface area (Å²) in [5.74, 6) is 0.682. The van der Waals surface area contributed by atoms with E-state index in [1.54, 1.807) is 0 Å². The van der Waals surface area contributed by atoms with Crippen LogP contribution < -0.4 is 4.72 Å². The Morgan fingerprint density at radius 2 is 1.93 bits per heavy atom. The first-order chi connectivity index (χ1) is 7.05. The highest BCUT2D eigenvalue weighted by molar-refractivity contribution is 7.89. The fourth-order valence-corrected chi connectivity index (χ4v) is 3.86. The van der Waals surface area contributed by atoms with E-state index in [9.17, 15) is 8.42 Å². The lowest BCUT2D eigenvalue weighted by Gasteiger charge is -2.27. The van der Waals surface area contributed by atoms with E-state index in [-0.39, 0.29) is 17.7 Å². The van der Waals surface area contributed by atoms with E-state index in [0.29, 0.717) is 5.92 Å². The molecule has 3 nitrogen and oxygen atoms in total. The van der Waals surface area contributed by atoms with Crippen LogP contribution in [0.25, 0.3) is 0 Å². The van der Waals surface area contributed by atoms with Crippen LogP contribution in [0.2, 0.25) is 0 Å². The predicted octanol–water partition coefficient (Wildman–Crippen LogP) is 2.11. The zero-order valence-electron chi connectivity index (χ0n) is 9.21. The molecule has 0 radical (unpaired) electrons. The molecule has 0 saturated heterocycles. The van der Waals surface area contributed by atoms with E-state index in [1.807, 2.05) is 6.92 Å². The normalized spacial score (nSPS) is 21.5. The van der Waals surface area contributed by atoms with Gasteiger partial charge < -0.3 is 0 Å². The van der Waals surface area contributed by atoms with Gasteiger partial charge in [-0.25, -0.2) is 13.1 Å². The molecule has 1 saturated carbocycles. The zero-order valence-corrected chi connectivity index (χ0v) is 10.8. The van der Waals surface area contributed by atoms with Crippen LogP contribution in [0.15, 0.2) is 0 Å². The molecule has 1 N–H and O–H groups in total. The third-order valence-corrected chi connectivity index (χ3v) is 4.95.